The monoisotopic (exact) mass is 325 g/mol. The number of halogens is 1. The van der Waals surface area contributed by atoms with Gasteiger partial charge in [-0.3, -0.25) is 0 Å². The average Bonchev–Trinajstić information content (AvgIpc) is 2.31. The van der Waals surface area contributed by atoms with Gasteiger partial charge in [-0.1, -0.05) is 0 Å². The largest absolute Gasteiger partial charge is 0.399 e. The molecule has 0 aliphatic carbocycles. The van der Waals surface area contributed by atoms with Gasteiger partial charge in [-0.15, -0.1) is 0 Å². The van der Waals surface area contributed by atoms with Crippen LogP contribution in [0.4, 0.5) is 10.1 Å². The fraction of sp³-hybridized carbons (Fsp3) is 0.400. The van der Waals surface area contributed by atoms with Crippen molar-refractivity contribution in [2.75, 3.05) is 32.1 Å². The zero-order valence-corrected chi connectivity index (χ0v) is 12.6. The molecule has 0 aliphatic rings. The third-order valence-corrected chi connectivity index (χ3v) is 5.76. The van der Waals surface area contributed by atoms with E-state index in [-0.39, 0.29) is 12.2 Å². The number of nitrogens with two attached hydrogens (primary N) is 1. The van der Waals surface area contributed by atoms with E-state index in [0.717, 1.165) is 16.4 Å². The van der Waals surface area contributed by atoms with Crippen LogP contribution in [0.3, 0.4) is 0 Å². The van der Waals surface area contributed by atoms with Crippen LogP contribution in [-0.4, -0.2) is 47.5 Å². The second kappa shape index (κ2) is 6.04. The summed E-state index contributed by atoms with van der Waals surface area (Å²) in [7, 11) is -5.01. The number of sulfonamides is 2. The molecule has 1 aromatic carbocycles. The van der Waals surface area contributed by atoms with Crippen molar-refractivity contribution in [2.45, 2.75) is 4.90 Å². The van der Waals surface area contributed by atoms with Crippen molar-refractivity contribution < 1.29 is 21.2 Å². The van der Waals surface area contributed by atoms with Gasteiger partial charge in [0.05, 0.1) is 5.75 Å². The van der Waals surface area contributed by atoms with Gasteiger partial charge in [0, 0.05) is 26.3 Å². The second-order valence-electron chi connectivity index (χ2n) is 4.19. The molecule has 0 atom stereocenters. The number of nitrogens with one attached hydrogen (secondary N) is 1. The van der Waals surface area contributed by atoms with Gasteiger partial charge in [-0.2, -0.15) is 0 Å². The molecular formula is C10H16FN3O4S2. The molecule has 1 aromatic rings. The molecule has 20 heavy (non-hydrogen) atoms. The first-order chi connectivity index (χ1) is 9.06. The highest BCUT2D eigenvalue weighted by atomic mass is 32.2. The Kier molecular flexibility index (Phi) is 5.08. The van der Waals surface area contributed by atoms with Crippen LogP contribution in [0, 0.1) is 5.82 Å². The first-order valence-corrected chi connectivity index (χ1v) is 8.60. The SMILES string of the molecule is CN(C)S(=O)(=O)CCNS(=O)(=O)c1cc(N)ccc1F. The van der Waals surface area contributed by atoms with Crippen molar-refractivity contribution >= 4 is 25.7 Å². The van der Waals surface area contributed by atoms with E-state index < -0.39 is 36.5 Å². The number of hydrogen-bond donors (Lipinski definition) is 2. The molecule has 0 aromatic heterocycles. The van der Waals surface area contributed by atoms with Gasteiger partial charge in [0.15, 0.2) is 0 Å². The Labute approximate surface area is 117 Å². The van der Waals surface area contributed by atoms with Crippen LogP contribution in [0.25, 0.3) is 0 Å². The quantitative estimate of drug-likeness (QED) is 0.690. The molecule has 1 rings (SSSR count). The summed E-state index contributed by atoms with van der Waals surface area (Å²) in [4.78, 5) is -0.611. The van der Waals surface area contributed by atoms with E-state index >= 15 is 0 Å². The first kappa shape index (κ1) is 16.8. The van der Waals surface area contributed by atoms with Crippen LogP contribution in [-0.2, 0) is 20.0 Å². The summed E-state index contributed by atoms with van der Waals surface area (Å²) in [6.07, 6.45) is 0. The molecule has 0 saturated heterocycles. The van der Waals surface area contributed by atoms with E-state index in [2.05, 4.69) is 0 Å². The topological polar surface area (TPSA) is 110 Å². The maximum Gasteiger partial charge on any atom is 0.243 e. The highest BCUT2D eigenvalue weighted by Crippen LogP contribution is 2.17. The number of benzene rings is 1. The minimum Gasteiger partial charge on any atom is -0.399 e. The summed E-state index contributed by atoms with van der Waals surface area (Å²) >= 11 is 0. The highest BCUT2D eigenvalue weighted by Gasteiger charge is 2.21. The van der Waals surface area contributed by atoms with Crippen LogP contribution in [0.1, 0.15) is 0 Å². The molecule has 0 saturated carbocycles. The van der Waals surface area contributed by atoms with Crippen molar-refractivity contribution in [2.24, 2.45) is 0 Å². The fourth-order valence-corrected chi connectivity index (χ4v) is 3.29. The molecule has 3 N–H and O–H groups in total. The van der Waals surface area contributed by atoms with Gasteiger partial charge >= 0.3 is 0 Å². The molecule has 0 unspecified atom stereocenters. The van der Waals surface area contributed by atoms with Crippen molar-refractivity contribution in [1.29, 1.82) is 0 Å². The van der Waals surface area contributed by atoms with E-state index in [1.165, 1.54) is 20.2 Å². The van der Waals surface area contributed by atoms with E-state index in [4.69, 9.17) is 5.73 Å². The predicted octanol–water partition coefficient (Wildman–Crippen LogP) is -0.422. The maximum atomic E-state index is 13.5. The van der Waals surface area contributed by atoms with E-state index in [1.807, 2.05) is 4.72 Å². The third kappa shape index (κ3) is 4.13. The fourth-order valence-electron chi connectivity index (χ4n) is 1.29. The van der Waals surface area contributed by atoms with Gasteiger partial charge in [0.2, 0.25) is 20.0 Å². The summed E-state index contributed by atoms with van der Waals surface area (Å²) < 4.78 is 63.1. The van der Waals surface area contributed by atoms with Gasteiger partial charge < -0.3 is 5.73 Å². The molecule has 10 heteroatoms. The Morgan fingerprint density at radius 1 is 1.25 bits per heavy atom. The molecule has 0 aliphatic heterocycles. The number of rotatable bonds is 6. The molecule has 0 spiro atoms. The van der Waals surface area contributed by atoms with Crippen LogP contribution >= 0.6 is 0 Å². The van der Waals surface area contributed by atoms with Crippen molar-refractivity contribution in [3.8, 4) is 0 Å². The molecule has 0 amide bonds. The van der Waals surface area contributed by atoms with Crippen LogP contribution in [0.2, 0.25) is 0 Å². The summed E-state index contributed by atoms with van der Waals surface area (Å²) in [6, 6.07) is 3.13. The first-order valence-electron chi connectivity index (χ1n) is 5.51. The number of anilines is 1. The Morgan fingerprint density at radius 2 is 1.85 bits per heavy atom. The molecule has 0 bridgehead atoms. The Hall–Kier alpha value is -1.23. The van der Waals surface area contributed by atoms with Gasteiger partial charge in [-0.25, -0.2) is 30.3 Å². The van der Waals surface area contributed by atoms with Crippen molar-refractivity contribution in [3.63, 3.8) is 0 Å². The number of nitrogens with zero attached hydrogens (tertiary/aromatic N) is 1. The van der Waals surface area contributed by atoms with E-state index in [0.29, 0.717) is 0 Å². The van der Waals surface area contributed by atoms with Crippen LogP contribution in [0.15, 0.2) is 23.1 Å². The maximum absolute atomic E-state index is 13.5. The van der Waals surface area contributed by atoms with E-state index in [9.17, 15) is 21.2 Å². The zero-order chi connectivity index (χ0) is 15.6. The predicted molar refractivity (Wildman–Crippen MR) is 73.5 cm³/mol. The summed E-state index contributed by atoms with van der Waals surface area (Å²) in [5.41, 5.74) is 5.49. The van der Waals surface area contributed by atoms with Gasteiger partial charge in [0.25, 0.3) is 0 Å². The number of hydrogen-bond acceptors (Lipinski definition) is 5. The van der Waals surface area contributed by atoms with E-state index in [1.54, 1.807) is 0 Å². The smallest absolute Gasteiger partial charge is 0.243 e. The summed E-state index contributed by atoms with van der Waals surface area (Å²) in [5, 5.41) is 0. The Bertz CT molecular complexity index is 686. The molecule has 0 heterocycles. The molecule has 114 valence electrons. The lowest BCUT2D eigenvalue weighted by molar-refractivity contribution is 0.519. The summed E-state index contributed by atoms with van der Waals surface area (Å²) in [5.74, 6) is -1.38. The normalized spacial score (nSPS) is 12.8. The molecule has 0 fully saturated rings. The Balaban J connectivity index is 2.84. The minimum atomic E-state index is -4.15. The zero-order valence-electron chi connectivity index (χ0n) is 11.0. The highest BCUT2D eigenvalue weighted by molar-refractivity contribution is 7.90. The third-order valence-electron chi connectivity index (χ3n) is 2.45. The lowest BCUT2D eigenvalue weighted by Gasteiger charge is -2.12. The standard InChI is InChI=1S/C10H16FN3O4S2/c1-14(2)19(15,16)6-5-13-20(17,18)10-7-8(12)3-4-9(10)11/h3-4,7,13H,5-6,12H2,1-2H3. The van der Waals surface area contributed by atoms with Gasteiger partial charge in [-0.05, 0) is 18.2 Å². The Morgan fingerprint density at radius 3 is 2.40 bits per heavy atom. The van der Waals surface area contributed by atoms with Gasteiger partial charge in [0.1, 0.15) is 10.7 Å². The summed E-state index contributed by atoms with van der Waals surface area (Å²) in [6.45, 7) is -0.364. The van der Waals surface area contributed by atoms with Crippen molar-refractivity contribution in [1.82, 2.24) is 9.03 Å². The van der Waals surface area contributed by atoms with Crippen LogP contribution < -0.4 is 10.5 Å². The molecule has 0 radical (unpaired) electrons. The minimum absolute atomic E-state index is 0.0905. The number of nitrogen functional groups attached to an aromatic ring is 1. The average molecular weight is 325 g/mol. The lowest BCUT2D eigenvalue weighted by atomic mass is 10.3. The second-order valence-corrected chi connectivity index (χ2v) is 8.22. The molecular weight excluding hydrogens is 309 g/mol. The van der Waals surface area contributed by atoms with Crippen LogP contribution in [0.5, 0.6) is 0 Å². The molecule has 7 nitrogen and oxygen atoms in total. The van der Waals surface area contributed by atoms with Crippen molar-refractivity contribution in [3.05, 3.63) is 24.0 Å². The lowest BCUT2D eigenvalue weighted by Crippen LogP contribution is -2.34.